The fourth-order valence-electron chi connectivity index (χ4n) is 3.65. The second-order valence-electron chi connectivity index (χ2n) is 7.59. The Morgan fingerprint density at radius 3 is 2.28 bits per heavy atom. The second-order valence-corrected chi connectivity index (χ2v) is 7.59. The third-order valence-electron chi connectivity index (χ3n) is 5.44. The number of guanidine groups is 1. The van der Waals surface area contributed by atoms with E-state index < -0.39 is 12.8 Å². The zero-order chi connectivity index (χ0) is 22.2. The van der Waals surface area contributed by atoms with Gasteiger partial charge in [-0.25, -0.2) is 0 Å². The molecule has 176 valence electrons. The van der Waals surface area contributed by atoms with Crippen molar-refractivity contribution in [2.24, 2.45) is 4.99 Å². The van der Waals surface area contributed by atoms with Crippen LogP contribution in [0.4, 0.5) is 13.2 Å². The van der Waals surface area contributed by atoms with Gasteiger partial charge in [-0.15, -0.1) is 24.0 Å². The van der Waals surface area contributed by atoms with Crippen molar-refractivity contribution in [2.45, 2.75) is 31.0 Å². The smallest absolute Gasteiger partial charge is 0.422 e. The number of hydrogen-bond donors (Lipinski definition) is 2. The van der Waals surface area contributed by atoms with E-state index in [4.69, 9.17) is 9.47 Å². The summed E-state index contributed by atoms with van der Waals surface area (Å²) in [7, 11) is 1.71. The number of rotatable bonds is 7. The summed E-state index contributed by atoms with van der Waals surface area (Å²) in [5, 5.41) is 6.69. The maximum atomic E-state index is 12.2. The molecule has 2 aromatic rings. The Morgan fingerprint density at radius 1 is 1.03 bits per heavy atom. The molecule has 0 radical (unpaired) electrons. The highest BCUT2D eigenvalue weighted by atomic mass is 127. The van der Waals surface area contributed by atoms with Crippen LogP contribution in [0.5, 0.6) is 5.75 Å². The Morgan fingerprint density at radius 2 is 1.69 bits per heavy atom. The van der Waals surface area contributed by atoms with E-state index in [-0.39, 0.29) is 35.1 Å². The van der Waals surface area contributed by atoms with Gasteiger partial charge in [0.1, 0.15) is 5.75 Å². The van der Waals surface area contributed by atoms with E-state index in [0.29, 0.717) is 12.5 Å². The van der Waals surface area contributed by atoms with Crippen molar-refractivity contribution >= 4 is 29.9 Å². The first-order valence-corrected chi connectivity index (χ1v) is 10.3. The summed E-state index contributed by atoms with van der Waals surface area (Å²) in [5.74, 6) is 0.854. The molecule has 0 saturated carbocycles. The minimum Gasteiger partial charge on any atom is -0.484 e. The van der Waals surface area contributed by atoms with Crippen LogP contribution in [0.2, 0.25) is 0 Å². The molecular weight excluding hydrogens is 534 g/mol. The first kappa shape index (κ1) is 26.2. The lowest BCUT2D eigenvalue weighted by Crippen LogP contribution is -2.47. The van der Waals surface area contributed by atoms with Crippen LogP contribution in [0.15, 0.2) is 59.6 Å². The topological polar surface area (TPSA) is 54.9 Å². The lowest BCUT2D eigenvalue weighted by Gasteiger charge is -2.38. The summed E-state index contributed by atoms with van der Waals surface area (Å²) in [5.41, 5.74) is 2.18. The van der Waals surface area contributed by atoms with Crippen LogP contribution in [0.25, 0.3) is 0 Å². The molecule has 5 nitrogen and oxygen atoms in total. The molecule has 0 unspecified atom stereocenters. The van der Waals surface area contributed by atoms with Gasteiger partial charge in [0.15, 0.2) is 12.6 Å². The van der Waals surface area contributed by atoms with Gasteiger partial charge >= 0.3 is 6.18 Å². The highest BCUT2D eigenvalue weighted by Crippen LogP contribution is 2.34. The molecular formula is C23H29F3IN3O2. The van der Waals surface area contributed by atoms with Gasteiger partial charge in [0.05, 0.1) is 0 Å². The molecule has 1 saturated heterocycles. The van der Waals surface area contributed by atoms with Gasteiger partial charge in [-0.2, -0.15) is 13.2 Å². The molecule has 9 heteroatoms. The standard InChI is InChI=1S/C23H28F3N3O2.HI/c1-27-21(28-15-18-7-9-20(10-8-18)31-17-23(24,25)26)29-16-22(11-13-30-14-12-22)19-5-3-2-4-6-19;/h2-10H,11-17H2,1H3,(H2,27,28,29);1H. The van der Waals surface area contributed by atoms with Crippen molar-refractivity contribution in [1.82, 2.24) is 10.6 Å². The Labute approximate surface area is 203 Å². The number of nitrogens with zero attached hydrogens (tertiary/aromatic N) is 1. The number of hydrogen-bond acceptors (Lipinski definition) is 3. The minimum absolute atomic E-state index is 0. The van der Waals surface area contributed by atoms with Crippen molar-refractivity contribution in [3.05, 3.63) is 65.7 Å². The monoisotopic (exact) mass is 563 g/mol. The first-order valence-electron chi connectivity index (χ1n) is 10.3. The first-order chi connectivity index (χ1) is 14.9. The lowest BCUT2D eigenvalue weighted by molar-refractivity contribution is -0.153. The van der Waals surface area contributed by atoms with Crippen LogP contribution < -0.4 is 15.4 Å². The van der Waals surface area contributed by atoms with Crippen molar-refractivity contribution in [3.8, 4) is 5.75 Å². The van der Waals surface area contributed by atoms with E-state index in [1.165, 1.54) is 17.7 Å². The number of halogens is 4. The summed E-state index contributed by atoms with van der Waals surface area (Å²) in [4.78, 5) is 4.30. The van der Waals surface area contributed by atoms with Gasteiger partial charge in [0, 0.05) is 38.8 Å². The average molecular weight is 563 g/mol. The average Bonchev–Trinajstić information content (AvgIpc) is 2.79. The normalized spacial score (nSPS) is 16.1. The van der Waals surface area contributed by atoms with Gasteiger partial charge in [0.25, 0.3) is 0 Å². The molecule has 32 heavy (non-hydrogen) atoms. The van der Waals surface area contributed by atoms with Crippen LogP contribution in [0, 0.1) is 0 Å². The van der Waals surface area contributed by atoms with Crippen LogP contribution in [0.3, 0.4) is 0 Å². The molecule has 1 aliphatic rings. The van der Waals surface area contributed by atoms with Crippen LogP contribution >= 0.6 is 24.0 Å². The minimum atomic E-state index is -4.35. The van der Waals surface area contributed by atoms with Crippen molar-refractivity contribution in [2.75, 3.05) is 33.4 Å². The predicted molar refractivity (Wildman–Crippen MR) is 130 cm³/mol. The molecule has 3 rings (SSSR count). The highest BCUT2D eigenvalue weighted by molar-refractivity contribution is 14.0. The fraction of sp³-hybridized carbons (Fsp3) is 0.435. The van der Waals surface area contributed by atoms with E-state index in [1.807, 2.05) is 6.07 Å². The summed E-state index contributed by atoms with van der Waals surface area (Å²) in [6, 6.07) is 17.0. The van der Waals surface area contributed by atoms with Gasteiger partial charge < -0.3 is 20.1 Å². The predicted octanol–water partition coefficient (Wildman–Crippen LogP) is 4.66. The maximum absolute atomic E-state index is 12.2. The second kappa shape index (κ2) is 12.3. The Balaban J connectivity index is 0.00000363. The van der Waals surface area contributed by atoms with E-state index in [9.17, 15) is 13.2 Å². The van der Waals surface area contributed by atoms with Crippen molar-refractivity contribution in [3.63, 3.8) is 0 Å². The van der Waals surface area contributed by atoms with Crippen LogP contribution in [-0.4, -0.2) is 45.5 Å². The Kier molecular flexibility index (Phi) is 10.1. The molecule has 2 N–H and O–H groups in total. The van der Waals surface area contributed by atoms with E-state index in [1.54, 1.807) is 19.2 Å². The maximum Gasteiger partial charge on any atom is 0.422 e. The third-order valence-corrected chi connectivity index (χ3v) is 5.44. The SMILES string of the molecule is CN=C(NCc1ccc(OCC(F)(F)F)cc1)NCC1(c2ccccc2)CCOCC1.I. The van der Waals surface area contributed by atoms with E-state index in [2.05, 4.69) is 39.9 Å². The molecule has 0 bridgehead atoms. The van der Waals surface area contributed by atoms with Gasteiger partial charge in [0.2, 0.25) is 0 Å². The Hall–Kier alpha value is -2.01. The molecule has 0 spiro atoms. The molecule has 0 atom stereocenters. The van der Waals surface area contributed by atoms with Crippen molar-refractivity contribution < 1.29 is 22.6 Å². The fourth-order valence-corrected chi connectivity index (χ4v) is 3.65. The molecule has 2 aromatic carbocycles. The molecule has 1 fully saturated rings. The summed E-state index contributed by atoms with van der Waals surface area (Å²) >= 11 is 0. The zero-order valence-corrected chi connectivity index (χ0v) is 20.3. The zero-order valence-electron chi connectivity index (χ0n) is 18.0. The molecule has 0 aliphatic carbocycles. The molecule has 0 aromatic heterocycles. The van der Waals surface area contributed by atoms with Crippen LogP contribution in [-0.2, 0) is 16.7 Å². The van der Waals surface area contributed by atoms with Gasteiger partial charge in [-0.1, -0.05) is 42.5 Å². The summed E-state index contributed by atoms with van der Waals surface area (Å²) in [6.45, 7) is 1.37. The van der Waals surface area contributed by atoms with E-state index >= 15 is 0 Å². The van der Waals surface area contributed by atoms with Gasteiger partial charge in [-0.05, 0) is 36.1 Å². The van der Waals surface area contributed by atoms with E-state index in [0.717, 1.165) is 38.2 Å². The number of aliphatic imine (C=N–C) groups is 1. The summed E-state index contributed by atoms with van der Waals surface area (Å²) in [6.07, 6.45) is -2.49. The summed E-state index contributed by atoms with van der Waals surface area (Å²) < 4.78 is 47.1. The molecule has 0 amide bonds. The number of alkyl halides is 3. The quantitative estimate of drug-likeness (QED) is 0.293. The number of benzene rings is 2. The van der Waals surface area contributed by atoms with Crippen LogP contribution in [0.1, 0.15) is 24.0 Å². The number of nitrogens with one attached hydrogen (secondary N) is 2. The highest BCUT2D eigenvalue weighted by Gasteiger charge is 2.34. The molecule has 1 aliphatic heterocycles. The molecule has 1 heterocycles. The lowest BCUT2D eigenvalue weighted by atomic mass is 9.74. The van der Waals surface area contributed by atoms with Crippen molar-refractivity contribution in [1.29, 1.82) is 0 Å². The van der Waals surface area contributed by atoms with Gasteiger partial charge in [-0.3, -0.25) is 4.99 Å². The Bertz CT molecular complexity index is 840. The number of ether oxygens (including phenoxy) is 2. The largest absolute Gasteiger partial charge is 0.484 e. The third kappa shape index (κ3) is 7.84.